The largest absolute Gasteiger partial charge is 0.294 e. The lowest BCUT2D eigenvalue weighted by molar-refractivity contribution is 0.0984. The molecule has 0 aromatic heterocycles. The van der Waals surface area contributed by atoms with Gasteiger partial charge in [-0.1, -0.05) is 72.8 Å². The lowest BCUT2D eigenvalue weighted by atomic mass is 9.97. The van der Waals surface area contributed by atoms with Crippen LogP contribution in [0.1, 0.15) is 47.8 Å². The highest BCUT2D eigenvalue weighted by Gasteiger charge is 2.13. The van der Waals surface area contributed by atoms with Crippen molar-refractivity contribution in [2.75, 3.05) is 0 Å². The summed E-state index contributed by atoms with van der Waals surface area (Å²) in [4.78, 5) is 37.5. The van der Waals surface area contributed by atoms with Crippen LogP contribution in [0.5, 0.6) is 0 Å². The van der Waals surface area contributed by atoms with E-state index in [9.17, 15) is 23.2 Å². The molecule has 34 heavy (non-hydrogen) atoms. The minimum absolute atomic E-state index is 0.103. The van der Waals surface area contributed by atoms with E-state index in [0.717, 1.165) is 11.1 Å². The van der Waals surface area contributed by atoms with Gasteiger partial charge in [-0.25, -0.2) is 8.78 Å². The first kappa shape index (κ1) is 22.9. The van der Waals surface area contributed by atoms with Crippen LogP contribution in [0.3, 0.4) is 0 Å². The number of halogens is 2. The Morgan fingerprint density at radius 2 is 0.882 bits per heavy atom. The fourth-order valence-electron chi connectivity index (χ4n) is 3.61. The number of rotatable bonds is 8. The van der Waals surface area contributed by atoms with Crippen molar-refractivity contribution in [2.45, 2.75) is 12.8 Å². The molecule has 0 spiro atoms. The Hall–Kier alpha value is -4.25. The number of carbonyl (C=O) groups is 3. The van der Waals surface area contributed by atoms with Gasteiger partial charge in [0, 0.05) is 35.1 Å². The van der Waals surface area contributed by atoms with E-state index in [2.05, 4.69) is 0 Å². The van der Waals surface area contributed by atoms with E-state index in [1.54, 1.807) is 60.7 Å². The fourth-order valence-corrected chi connectivity index (χ4v) is 3.61. The van der Waals surface area contributed by atoms with Crippen LogP contribution in [-0.4, -0.2) is 17.3 Å². The smallest absolute Gasteiger partial charge is 0.193 e. The highest BCUT2D eigenvalue weighted by molar-refractivity contribution is 6.09. The van der Waals surface area contributed by atoms with Gasteiger partial charge >= 0.3 is 0 Å². The molecule has 0 amide bonds. The number of hydrogen-bond donors (Lipinski definition) is 0. The molecule has 4 aromatic carbocycles. The van der Waals surface area contributed by atoms with E-state index >= 15 is 0 Å². The van der Waals surface area contributed by atoms with E-state index in [1.165, 1.54) is 36.4 Å². The van der Waals surface area contributed by atoms with E-state index in [0.29, 0.717) is 22.3 Å². The Kier molecular flexibility index (Phi) is 6.83. The van der Waals surface area contributed by atoms with Crippen LogP contribution < -0.4 is 0 Å². The maximum Gasteiger partial charge on any atom is 0.193 e. The second kappa shape index (κ2) is 10.1. The molecule has 0 aliphatic heterocycles. The van der Waals surface area contributed by atoms with Gasteiger partial charge in [0.1, 0.15) is 11.6 Å². The van der Waals surface area contributed by atoms with E-state index in [-0.39, 0.29) is 30.2 Å². The maximum absolute atomic E-state index is 13.3. The summed E-state index contributed by atoms with van der Waals surface area (Å²) in [5.41, 5.74) is 2.97. The minimum atomic E-state index is -0.462. The molecule has 0 unspecified atom stereocenters. The summed E-state index contributed by atoms with van der Waals surface area (Å²) >= 11 is 0. The Bertz CT molecular complexity index is 1250. The third-order valence-electron chi connectivity index (χ3n) is 5.45. The molecular weight excluding hydrogens is 434 g/mol. The zero-order valence-electron chi connectivity index (χ0n) is 18.1. The standard InChI is InChI=1S/C29H20F2O3/c30-25-5-1-3-23(17-25)27(32)15-19-7-11-21(12-8-19)29(34)22-13-9-20(10-14-22)16-28(33)24-4-2-6-26(31)18-24/h1-14,17-18H,15-16H2. The predicted octanol–water partition coefficient (Wildman–Crippen LogP) is 6.05. The van der Waals surface area contributed by atoms with E-state index < -0.39 is 11.6 Å². The predicted molar refractivity (Wildman–Crippen MR) is 125 cm³/mol. The molecular formula is C29H20F2O3. The topological polar surface area (TPSA) is 51.2 Å². The summed E-state index contributed by atoms with van der Waals surface area (Å²) in [7, 11) is 0. The van der Waals surface area contributed by atoms with Crippen LogP contribution in [0.25, 0.3) is 0 Å². The second-order valence-corrected chi connectivity index (χ2v) is 7.94. The van der Waals surface area contributed by atoms with Gasteiger partial charge in [0.25, 0.3) is 0 Å². The monoisotopic (exact) mass is 454 g/mol. The summed E-state index contributed by atoms with van der Waals surface area (Å²) < 4.78 is 26.7. The van der Waals surface area contributed by atoms with Gasteiger partial charge in [0.2, 0.25) is 0 Å². The Balaban J connectivity index is 1.39. The van der Waals surface area contributed by atoms with Gasteiger partial charge in [0.05, 0.1) is 0 Å². The lowest BCUT2D eigenvalue weighted by Gasteiger charge is -2.06. The molecule has 0 N–H and O–H groups in total. The van der Waals surface area contributed by atoms with Crippen molar-refractivity contribution in [3.05, 3.63) is 142 Å². The third kappa shape index (κ3) is 5.56. The van der Waals surface area contributed by atoms with Gasteiger partial charge in [-0.2, -0.15) is 0 Å². The average Bonchev–Trinajstić information content (AvgIpc) is 2.84. The first-order valence-electron chi connectivity index (χ1n) is 10.7. The zero-order chi connectivity index (χ0) is 24.1. The molecule has 0 saturated heterocycles. The summed E-state index contributed by atoms with van der Waals surface area (Å²) in [5, 5.41) is 0. The van der Waals surface area contributed by atoms with Gasteiger partial charge in [-0.15, -0.1) is 0 Å². The zero-order valence-corrected chi connectivity index (χ0v) is 18.1. The molecule has 0 saturated carbocycles. The third-order valence-corrected chi connectivity index (χ3v) is 5.45. The molecule has 4 aromatic rings. The maximum atomic E-state index is 13.3. The second-order valence-electron chi connectivity index (χ2n) is 7.94. The highest BCUT2D eigenvalue weighted by Crippen LogP contribution is 2.16. The number of hydrogen-bond acceptors (Lipinski definition) is 3. The van der Waals surface area contributed by atoms with Crippen molar-refractivity contribution in [1.29, 1.82) is 0 Å². The summed E-state index contributed by atoms with van der Waals surface area (Å²) in [5.74, 6) is -1.53. The molecule has 3 nitrogen and oxygen atoms in total. The lowest BCUT2D eigenvalue weighted by Crippen LogP contribution is -2.06. The molecule has 0 aliphatic carbocycles. The quantitative estimate of drug-likeness (QED) is 0.305. The molecule has 0 aliphatic rings. The van der Waals surface area contributed by atoms with Crippen molar-refractivity contribution in [3.8, 4) is 0 Å². The van der Waals surface area contributed by atoms with Crippen molar-refractivity contribution >= 4 is 17.3 Å². The number of carbonyl (C=O) groups excluding carboxylic acids is 3. The van der Waals surface area contributed by atoms with Crippen LogP contribution >= 0.6 is 0 Å². The molecule has 0 fully saturated rings. The first-order valence-corrected chi connectivity index (χ1v) is 10.7. The molecule has 168 valence electrons. The van der Waals surface area contributed by atoms with Gasteiger partial charge in [0.15, 0.2) is 17.3 Å². The van der Waals surface area contributed by atoms with Gasteiger partial charge in [-0.05, 0) is 35.4 Å². The first-order chi connectivity index (χ1) is 16.4. The number of Topliss-reactive ketones (excluding diaryl/α,β-unsaturated/α-hetero) is 2. The van der Waals surface area contributed by atoms with Gasteiger partial charge in [-0.3, -0.25) is 14.4 Å². The SMILES string of the molecule is O=C(Cc1ccc(C(=O)c2ccc(CC(=O)c3cccc(F)c3)cc2)cc1)c1cccc(F)c1. The van der Waals surface area contributed by atoms with Crippen LogP contribution in [0.4, 0.5) is 8.78 Å². The number of benzene rings is 4. The number of ketones is 3. The molecule has 0 bridgehead atoms. The van der Waals surface area contributed by atoms with E-state index in [1.807, 2.05) is 0 Å². The Morgan fingerprint density at radius 3 is 1.24 bits per heavy atom. The van der Waals surface area contributed by atoms with Crippen LogP contribution in [0.15, 0.2) is 97.1 Å². The molecule has 0 atom stereocenters. The van der Waals surface area contributed by atoms with Crippen molar-refractivity contribution < 1.29 is 23.2 Å². The molecule has 4 rings (SSSR count). The normalized spacial score (nSPS) is 10.6. The summed E-state index contributed by atoms with van der Waals surface area (Å²) in [6.07, 6.45) is 0.206. The van der Waals surface area contributed by atoms with Crippen molar-refractivity contribution in [3.63, 3.8) is 0 Å². The minimum Gasteiger partial charge on any atom is -0.294 e. The fraction of sp³-hybridized carbons (Fsp3) is 0.0690. The summed E-state index contributed by atoms with van der Waals surface area (Å²) in [6, 6.07) is 24.5. The van der Waals surface area contributed by atoms with Crippen molar-refractivity contribution in [2.24, 2.45) is 0 Å². The molecule has 5 heteroatoms. The van der Waals surface area contributed by atoms with Crippen LogP contribution in [0, 0.1) is 11.6 Å². The Morgan fingerprint density at radius 1 is 0.500 bits per heavy atom. The van der Waals surface area contributed by atoms with Crippen LogP contribution in [0.2, 0.25) is 0 Å². The molecule has 0 radical (unpaired) electrons. The highest BCUT2D eigenvalue weighted by atomic mass is 19.1. The molecule has 0 heterocycles. The van der Waals surface area contributed by atoms with E-state index in [4.69, 9.17) is 0 Å². The summed E-state index contributed by atoms with van der Waals surface area (Å²) in [6.45, 7) is 0. The average molecular weight is 454 g/mol. The Labute approximate surface area is 195 Å². The van der Waals surface area contributed by atoms with Crippen molar-refractivity contribution in [1.82, 2.24) is 0 Å². The van der Waals surface area contributed by atoms with Crippen LogP contribution in [-0.2, 0) is 12.8 Å². The van der Waals surface area contributed by atoms with Gasteiger partial charge < -0.3 is 0 Å².